The highest BCUT2D eigenvalue weighted by atomic mass is 32.2. The summed E-state index contributed by atoms with van der Waals surface area (Å²) in [5.74, 6) is -3.20. The van der Waals surface area contributed by atoms with E-state index in [-0.39, 0.29) is 4.90 Å². The Hall–Kier alpha value is -1.95. The molecule has 1 aromatic heterocycles. The zero-order valence-corrected chi connectivity index (χ0v) is 9.75. The number of hydrogen-bond donors (Lipinski definition) is 1. The van der Waals surface area contributed by atoms with Crippen molar-refractivity contribution in [3.05, 3.63) is 53.7 Å². The Morgan fingerprint density at radius 1 is 1.22 bits per heavy atom. The first-order chi connectivity index (χ1) is 8.58. The number of carbonyl (C=O) groups is 1. The van der Waals surface area contributed by atoms with Crippen molar-refractivity contribution in [3.8, 4) is 0 Å². The third-order valence-electron chi connectivity index (χ3n) is 2.09. The lowest BCUT2D eigenvalue weighted by atomic mass is 10.2. The number of nitrogens with zero attached hydrogens (tertiary/aromatic N) is 1. The van der Waals surface area contributed by atoms with Crippen molar-refractivity contribution >= 4 is 17.7 Å². The molecule has 1 N–H and O–H groups in total. The van der Waals surface area contributed by atoms with E-state index in [0.29, 0.717) is 5.03 Å². The molecule has 0 saturated carbocycles. The molecule has 1 heterocycles. The van der Waals surface area contributed by atoms with Gasteiger partial charge in [0.25, 0.3) is 0 Å². The van der Waals surface area contributed by atoms with Gasteiger partial charge in [-0.1, -0.05) is 17.8 Å². The highest BCUT2D eigenvalue weighted by molar-refractivity contribution is 7.99. The van der Waals surface area contributed by atoms with Crippen LogP contribution in [-0.4, -0.2) is 16.1 Å². The number of aromatic carboxylic acids is 1. The first kappa shape index (κ1) is 12.5. The molecule has 2 rings (SSSR count). The Morgan fingerprint density at radius 3 is 2.39 bits per heavy atom. The van der Waals surface area contributed by atoms with Gasteiger partial charge in [0.1, 0.15) is 16.7 Å². The second-order valence-corrected chi connectivity index (χ2v) is 4.37. The van der Waals surface area contributed by atoms with Gasteiger partial charge in [0.05, 0.1) is 10.5 Å². The number of pyridine rings is 1. The van der Waals surface area contributed by atoms with Gasteiger partial charge in [-0.25, -0.2) is 18.6 Å². The topological polar surface area (TPSA) is 50.2 Å². The quantitative estimate of drug-likeness (QED) is 0.927. The van der Waals surface area contributed by atoms with Gasteiger partial charge >= 0.3 is 5.97 Å². The zero-order chi connectivity index (χ0) is 13.1. The van der Waals surface area contributed by atoms with Gasteiger partial charge in [-0.3, -0.25) is 0 Å². The molecule has 1 aromatic carbocycles. The standard InChI is InChI=1S/C12H7F2NO2S/c13-8-5-7(12(16)17)6-9(14)11(8)18-10-3-1-2-4-15-10/h1-6H,(H,16,17). The lowest BCUT2D eigenvalue weighted by Gasteiger charge is -2.05. The molecule has 18 heavy (non-hydrogen) atoms. The van der Waals surface area contributed by atoms with Crippen LogP contribution in [0.2, 0.25) is 0 Å². The van der Waals surface area contributed by atoms with Crippen molar-refractivity contribution in [3.63, 3.8) is 0 Å². The Morgan fingerprint density at radius 2 is 1.89 bits per heavy atom. The number of benzene rings is 1. The molecule has 0 aliphatic carbocycles. The van der Waals surface area contributed by atoms with E-state index in [1.54, 1.807) is 18.2 Å². The molecule has 2 aromatic rings. The molecule has 0 aliphatic heterocycles. The second kappa shape index (κ2) is 5.14. The average Bonchev–Trinajstić information content (AvgIpc) is 2.34. The maximum Gasteiger partial charge on any atom is 0.335 e. The maximum atomic E-state index is 13.6. The Bertz CT molecular complexity index is 567. The summed E-state index contributed by atoms with van der Waals surface area (Å²) in [5, 5.41) is 9.09. The summed E-state index contributed by atoms with van der Waals surface area (Å²) in [6.45, 7) is 0. The fraction of sp³-hybridized carbons (Fsp3) is 0. The van der Waals surface area contributed by atoms with E-state index in [1.807, 2.05) is 0 Å². The summed E-state index contributed by atoms with van der Waals surface area (Å²) in [6.07, 6.45) is 1.50. The smallest absolute Gasteiger partial charge is 0.335 e. The van der Waals surface area contributed by atoms with Crippen LogP contribution in [0.4, 0.5) is 8.78 Å². The zero-order valence-electron chi connectivity index (χ0n) is 8.93. The van der Waals surface area contributed by atoms with E-state index >= 15 is 0 Å². The SMILES string of the molecule is O=C(O)c1cc(F)c(Sc2ccccn2)c(F)c1. The van der Waals surface area contributed by atoms with Crippen LogP contribution in [0.3, 0.4) is 0 Å². The van der Waals surface area contributed by atoms with E-state index < -0.39 is 23.2 Å². The number of aromatic nitrogens is 1. The largest absolute Gasteiger partial charge is 0.478 e. The van der Waals surface area contributed by atoms with Crippen LogP contribution in [0.1, 0.15) is 10.4 Å². The molecular formula is C12H7F2NO2S. The molecule has 0 bridgehead atoms. The fourth-order valence-corrected chi connectivity index (χ4v) is 2.08. The van der Waals surface area contributed by atoms with Gasteiger partial charge in [-0.05, 0) is 24.3 Å². The number of carboxylic acid groups (broad SMARTS) is 1. The minimum Gasteiger partial charge on any atom is -0.478 e. The predicted molar refractivity (Wildman–Crippen MR) is 61.7 cm³/mol. The molecule has 0 spiro atoms. The molecule has 3 nitrogen and oxygen atoms in total. The van der Waals surface area contributed by atoms with Gasteiger partial charge in [-0.2, -0.15) is 0 Å². The summed E-state index contributed by atoms with van der Waals surface area (Å²) in [6, 6.07) is 6.56. The maximum absolute atomic E-state index is 13.6. The molecule has 0 unspecified atom stereocenters. The molecule has 0 saturated heterocycles. The summed E-state index contributed by atoms with van der Waals surface area (Å²) < 4.78 is 27.2. The van der Waals surface area contributed by atoms with Gasteiger partial charge in [0.2, 0.25) is 0 Å². The normalized spacial score (nSPS) is 10.3. The van der Waals surface area contributed by atoms with Crippen LogP contribution < -0.4 is 0 Å². The average molecular weight is 267 g/mol. The van der Waals surface area contributed by atoms with Crippen LogP contribution >= 0.6 is 11.8 Å². The summed E-state index contributed by atoms with van der Waals surface area (Å²) in [4.78, 5) is 14.3. The van der Waals surface area contributed by atoms with Crippen molar-refractivity contribution in [1.29, 1.82) is 0 Å². The number of hydrogen-bond acceptors (Lipinski definition) is 3. The van der Waals surface area contributed by atoms with Crippen LogP contribution in [0.25, 0.3) is 0 Å². The fourth-order valence-electron chi connectivity index (χ4n) is 1.29. The van der Waals surface area contributed by atoms with Gasteiger partial charge in [0.15, 0.2) is 0 Å². The van der Waals surface area contributed by atoms with Crippen molar-refractivity contribution in [2.45, 2.75) is 9.92 Å². The first-order valence-electron chi connectivity index (χ1n) is 4.89. The molecule has 0 radical (unpaired) electrons. The van der Waals surface area contributed by atoms with Gasteiger partial charge < -0.3 is 5.11 Å². The van der Waals surface area contributed by atoms with E-state index in [4.69, 9.17) is 5.11 Å². The van der Waals surface area contributed by atoms with Crippen molar-refractivity contribution in [1.82, 2.24) is 4.98 Å². The monoisotopic (exact) mass is 267 g/mol. The third-order valence-corrected chi connectivity index (χ3v) is 3.13. The number of carboxylic acids is 1. The third kappa shape index (κ3) is 2.65. The Balaban J connectivity index is 2.37. The Labute approximate surface area is 105 Å². The molecule has 92 valence electrons. The lowest BCUT2D eigenvalue weighted by molar-refractivity contribution is 0.0695. The van der Waals surface area contributed by atoms with Gasteiger partial charge in [-0.15, -0.1) is 0 Å². The van der Waals surface area contributed by atoms with E-state index in [9.17, 15) is 13.6 Å². The summed E-state index contributed by atoms with van der Waals surface area (Å²) in [7, 11) is 0. The molecule has 0 atom stereocenters. The Kier molecular flexibility index (Phi) is 3.57. The minimum atomic E-state index is -1.37. The molecule has 0 aliphatic rings. The summed E-state index contributed by atoms with van der Waals surface area (Å²) in [5.41, 5.74) is -0.421. The van der Waals surface area contributed by atoms with E-state index in [0.717, 1.165) is 23.9 Å². The van der Waals surface area contributed by atoms with Crippen molar-refractivity contribution in [2.24, 2.45) is 0 Å². The molecule has 6 heteroatoms. The predicted octanol–water partition coefficient (Wildman–Crippen LogP) is 3.21. The van der Waals surface area contributed by atoms with Crippen molar-refractivity contribution < 1.29 is 18.7 Å². The van der Waals surface area contributed by atoms with Crippen LogP contribution in [0.5, 0.6) is 0 Å². The van der Waals surface area contributed by atoms with E-state index in [2.05, 4.69) is 4.98 Å². The molecule has 0 fully saturated rings. The van der Waals surface area contributed by atoms with Crippen LogP contribution in [-0.2, 0) is 0 Å². The minimum absolute atomic E-state index is 0.265. The lowest BCUT2D eigenvalue weighted by Crippen LogP contribution is -2.00. The first-order valence-corrected chi connectivity index (χ1v) is 5.71. The highest BCUT2D eigenvalue weighted by Gasteiger charge is 2.16. The second-order valence-electron chi connectivity index (χ2n) is 3.34. The summed E-state index contributed by atoms with van der Waals surface area (Å²) >= 11 is 0.807. The number of rotatable bonds is 3. The molecular weight excluding hydrogens is 260 g/mol. The highest BCUT2D eigenvalue weighted by Crippen LogP contribution is 2.31. The van der Waals surface area contributed by atoms with Crippen LogP contribution in [0, 0.1) is 11.6 Å². The van der Waals surface area contributed by atoms with E-state index in [1.165, 1.54) is 6.20 Å². The van der Waals surface area contributed by atoms with Crippen molar-refractivity contribution in [2.75, 3.05) is 0 Å². The van der Waals surface area contributed by atoms with Crippen LogP contribution in [0.15, 0.2) is 46.5 Å². The molecule has 0 amide bonds. The number of halogens is 2. The van der Waals surface area contributed by atoms with Gasteiger partial charge in [0, 0.05) is 6.20 Å².